The number of hydrogen-bond donors (Lipinski definition) is 2. The zero-order valence-electron chi connectivity index (χ0n) is 8.93. The van der Waals surface area contributed by atoms with Crippen molar-refractivity contribution in [1.82, 2.24) is 9.80 Å². The molecule has 0 aromatic carbocycles. The van der Waals surface area contributed by atoms with E-state index in [0.29, 0.717) is 38.6 Å². The predicted molar refractivity (Wildman–Crippen MR) is 56.4 cm³/mol. The van der Waals surface area contributed by atoms with Crippen LogP contribution in [0, 0.1) is 0 Å². The zero-order valence-corrected chi connectivity index (χ0v) is 8.93. The van der Waals surface area contributed by atoms with Gasteiger partial charge < -0.3 is 20.6 Å². The number of aliphatic hydroxyl groups is 1. The molecule has 0 radical (unpaired) electrons. The molecule has 15 heavy (non-hydrogen) atoms. The molecule has 1 saturated carbocycles. The third-order valence-corrected chi connectivity index (χ3v) is 3.04. The van der Waals surface area contributed by atoms with Crippen molar-refractivity contribution in [1.29, 1.82) is 0 Å². The summed E-state index contributed by atoms with van der Waals surface area (Å²) in [6.07, 6.45) is 2.56. The maximum absolute atomic E-state index is 12.0. The maximum Gasteiger partial charge on any atom is 0.320 e. The summed E-state index contributed by atoms with van der Waals surface area (Å²) in [6, 6.07) is 0.457. The Morgan fingerprint density at radius 3 is 2.67 bits per heavy atom. The second-order valence-corrected chi connectivity index (χ2v) is 4.38. The first kappa shape index (κ1) is 10.7. The van der Waals surface area contributed by atoms with Crippen LogP contribution < -0.4 is 5.73 Å². The fourth-order valence-corrected chi connectivity index (χ4v) is 2.06. The van der Waals surface area contributed by atoms with E-state index in [2.05, 4.69) is 0 Å². The van der Waals surface area contributed by atoms with Crippen molar-refractivity contribution in [2.24, 2.45) is 5.73 Å². The first-order chi connectivity index (χ1) is 7.22. The van der Waals surface area contributed by atoms with E-state index in [9.17, 15) is 9.90 Å². The number of carbonyl (C=O) groups is 1. The Hall–Kier alpha value is -0.810. The highest BCUT2D eigenvalue weighted by molar-refractivity contribution is 5.75. The fraction of sp³-hybridized carbons (Fsp3) is 0.900. The number of nitrogens with two attached hydrogens (primary N) is 1. The lowest BCUT2D eigenvalue weighted by atomic mass is 10.3. The van der Waals surface area contributed by atoms with E-state index >= 15 is 0 Å². The van der Waals surface area contributed by atoms with Gasteiger partial charge in [-0.1, -0.05) is 0 Å². The van der Waals surface area contributed by atoms with Crippen LogP contribution in [-0.2, 0) is 0 Å². The van der Waals surface area contributed by atoms with Gasteiger partial charge in [-0.2, -0.15) is 0 Å². The molecule has 0 aromatic heterocycles. The van der Waals surface area contributed by atoms with Gasteiger partial charge in [-0.25, -0.2) is 4.79 Å². The molecule has 5 heteroatoms. The highest BCUT2D eigenvalue weighted by Gasteiger charge is 2.36. The van der Waals surface area contributed by atoms with E-state index in [4.69, 9.17) is 5.73 Å². The molecule has 1 atom stereocenters. The molecule has 2 aliphatic rings. The second-order valence-electron chi connectivity index (χ2n) is 4.38. The maximum atomic E-state index is 12.0. The number of carbonyl (C=O) groups excluding carboxylic acids is 1. The summed E-state index contributed by atoms with van der Waals surface area (Å²) in [7, 11) is 0. The van der Waals surface area contributed by atoms with Gasteiger partial charge in [0.1, 0.15) is 0 Å². The van der Waals surface area contributed by atoms with Crippen LogP contribution in [0.5, 0.6) is 0 Å². The molecule has 1 heterocycles. The lowest BCUT2D eigenvalue weighted by molar-refractivity contribution is 0.145. The van der Waals surface area contributed by atoms with E-state index in [1.807, 2.05) is 4.90 Å². The Kier molecular flexibility index (Phi) is 3.11. The molecular formula is C10H19N3O2. The third-order valence-electron chi connectivity index (χ3n) is 3.04. The largest absolute Gasteiger partial charge is 0.391 e. The molecule has 5 nitrogen and oxygen atoms in total. The van der Waals surface area contributed by atoms with Crippen LogP contribution >= 0.6 is 0 Å². The van der Waals surface area contributed by atoms with E-state index in [-0.39, 0.29) is 12.1 Å². The number of nitrogens with zero attached hydrogens (tertiary/aromatic N) is 2. The smallest absolute Gasteiger partial charge is 0.320 e. The molecule has 0 spiro atoms. The minimum Gasteiger partial charge on any atom is -0.391 e. The Bertz CT molecular complexity index is 243. The number of rotatable bonds is 3. The SMILES string of the molecule is NCCN(C(=O)N1CCC(O)C1)C1CC1. The van der Waals surface area contributed by atoms with Crippen LogP contribution in [0.2, 0.25) is 0 Å². The molecule has 2 amide bonds. The molecule has 0 aromatic rings. The summed E-state index contributed by atoms with van der Waals surface area (Å²) < 4.78 is 0. The van der Waals surface area contributed by atoms with Crippen LogP contribution in [-0.4, -0.2) is 59.3 Å². The fourth-order valence-electron chi connectivity index (χ4n) is 2.06. The molecule has 0 bridgehead atoms. The molecule has 1 unspecified atom stereocenters. The summed E-state index contributed by atoms with van der Waals surface area (Å²) >= 11 is 0. The van der Waals surface area contributed by atoms with E-state index in [1.54, 1.807) is 4.90 Å². The van der Waals surface area contributed by atoms with Crippen molar-refractivity contribution in [3.8, 4) is 0 Å². The number of β-amino-alcohol motifs (C(OH)–C–C–N with tert-alkyl or cyclic N) is 1. The average molecular weight is 213 g/mol. The molecule has 2 rings (SSSR count). The number of hydrogen-bond acceptors (Lipinski definition) is 3. The first-order valence-electron chi connectivity index (χ1n) is 5.66. The lowest BCUT2D eigenvalue weighted by Gasteiger charge is -2.27. The quantitative estimate of drug-likeness (QED) is 0.670. The Morgan fingerprint density at radius 1 is 1.47 bits per heavy atom. The zero-order chi connectivity index (χ0) is 10.8. The molecule has 2 fully saturated rings. The number of urea groups is 1. The number of aliphatic hydroxyl groups excluding tert-OH is 1. The van der Waals surface area contributed by atoms with E-state index < -0.39 is 0 Å². The summed E-state index contributed by atoms with van der Waals surface area (Å²) in [4.78, 5) is 15.6. The van der Waals surface area contributed by atoms with Crippen molar-refractivity contribution in [3.63, 3.8) is 0 Å². The number of likely N-dealkylation sites (tertiary alicyclic amines) is 1. The van der Waals surface area contributed by atoms with E-state index in [1.165, 1.54) is 0 Å². The lowest BCUT2D eigenvalue weighted by Crippen LogP contribution is -2.45. The van der Waals surface area contributed by atoms with Gasteiger partial charge in [0.15, 0.2) is 0 Å². The van der Waals surface area contributed by atoms with Gasteiger partial charge in [-0.3, -0.25) is 0 Å². The van der Waals surface area contributed by atoms with Gasteiger partial charge in [0.2, 0.25) is 0 Å². The van der Waals surface area contributed by atoms with Gasteiger partial charge in [-0.15, -0.1) is 0 Å². The van der Waals surface area contributed by atoms with Gasteiger partial charge >= 0.3 is 6.03 Å². The van der Waals surface area contributed by atoms with Crippen LogP contribution in [0.1, 0.15) is 19.3 Å². The second kappa shape index (κ2) is 4.37. The standard InChI is InChI=1S/C10H19N3O2/c11-4-6-13(8-1-2-8)10(15)12-5-3-9(14)7-12/h8-9,14H,1-7,11H2. The molecule has 86 valence electrons. The van der Waals surface area contributed by atoms with Crippen LogP contribution in [0.4, 0.5) is 4.79 Å². The molecule has 3 N–H and O–H groups in total. The first-order valence-corrected chi connectivity index (χ1v) is 5.66. The summed E-state index contributed by atoms with van der Waals surface area (Å²) in [6.45, 7) is 2.30. The van der Waals surface area contributed by atoms with Crippen LogP contribution in [0.3, 0.4) is 0 Å². The third kappa shape index (κ3) is 2.41. The van der Waals surface area contributed by atoms with Crippen LogP contribution in [0.15, 0.2) is 0 Å². The van der Waals surface area contributed by atoms with Gasteiger partial charge in [-0.05, 0) is 19.3 Å². The van der Waals surface area contributed by atoms with Crippen molar-refractivity contribution < 1.29 is 9.90 Å². The van der Waals surface area contributed by atoms with E-state index in [0.717, 1.165) is 12.8 Å². The average Bonchev–Trinajstić information content (AvgIpc) is 2.96. The Morgan fingerprint density at radius 2 is 2.20 bits per heavy atom. The molecule has 1 aliphatic carbocycles. The van der Waals surface area contributed by atoms with Gasteiger partial charge in [0.05, 0.1) is 6.10 Å². The van der Waals surface area contributed by atoms with Crippen molar-refractivity contribution in [2.45, 2.75) is 31.4 Å². The van der Waals surface area contributed by atoms with Crippen molar-refractivity contribution in [2.75, 3.05) is 26.2 Å². The predicted octanol–water partition coefficient (Wildman–Crippen LogP) is -0.404. The van der Waals surface area contributed by atoms with Crippen molar-refractivity contribution in [3.05, 3.63) is 0 Å². The summed E-state index contributed by atoms with van der Waals surface area (Å²) in [5.41, 5.74) is 5.50. The van der Waals surface area contributed by atoms with Gasteiger partial charge in [0, 0.05) is 32.2 Å². The number of amides is 2. The topological polar surface area (TPSA) is 69.8 Å². The van der Waals surface area contributed by atoms with Gasteiger partial charge in [0.25, 0.3) is 0 Å². The van der Waals surface area contributed by atoms with Crippen molar-refractivity contribution >= 4 is 6.03 Å². The minimum atomic E-state index is -0.340. The van der Waals surface area contributed by atoms with Crippen LogP contribution in [0.25, 0.3) is 0 Å². The Labute approximate surface area is 89.8 Å². The monoisotopic (exact) mass is 213 g/mol. The minimum absolute atomic E-state index is 0.0551. The Balaban J connectivity index is 1.91. The summed E-state index contributed by atoms with van der Waals surface area (Å²) in [5, 5.41) is 9.38. The molecule has 1 aliphatic heterocycles. The normalized spacial score (nSPS) is 25.7. The highest BCUT2D eigenvalue weighted by atomic mass is 16.3. The summed E-state index contributed by atoms with van der Waals surface area (Å²) in [5.74, 6) is 0. The molecule has 1 saturated heterocycles. The highest BCUT2D eigenvalue weighted by Crippen LogP contribution is 2.28. The molecular weight excluding hydrogens is 194 g/mol.